The maximum Gasteiger partial charge on any atom is 0.586 e. The lowest BCUT2D eigenvalue weighted by Crippen LogP contribution is -2.41. The minimum absolute atomic E-state index is 0.00294. The molecule has 2 aliphatic rings. The molecule has 8 heteroatoms. The number of benzene rings is 1. The van der Waals surface area contributed by atoms with Gasteiger partial charge in [0.2, 0.25) is 0 Å². The van der Waals surface area contributed by atoms with Gasteiger partial charge < -0.3 is 18.8 Å². The number of fused-ring (bicyclic) bond motifs is 1. The van der Waals surface area contributed by atoms with Crippen LogP contribution < -0.4 is 14.9 Å². The summed E-state index contributed by atoms with van der Waals surface area (Å²) in [6.07, 6.45) is -3.71. The Kier molecular flexibility index (Phi) is 3.00. The molecule has 0 bridgehead atoms. The highest BCUT2D eigenvalue weighted by molar-refractivity contribution is 6.66. The Bertz CT molecular complexity index is 590. The van der Waals surface area contributed by atoms with Gasteiger partial charge in [-0.25, -0.2) is 0 Å². The number of halogens is 3. The van der Waals surface area contributed by atoms with Crippen molar-refractivity contribution < 1.29 is 27.6 Å². The standard InChI is InChI=1S/C13H14BClF2O4/c1-11(2)12(3,4)21-14(20-11)7-5-6-8-10(9(7)15)19-13(16,17)18-8/h5-6H,1-4H3. The molecule has 0 aliphatic carbocycles. The van der Waals surface area contributed by atoms with E-state index in [9.17, 15) is 8.78 Å². The van der Waals surface area contributed by atoms with Gasteiger partial charge in [0.15, 0.2) is 11.5 Å². The van der Waals surface area contributed by atoms with Crippen molar-refractivity contribution in [2.75, 3.05) is 0 Å². The molecular weight excluding hydrogens is 304 g/mol. The third-order valence-corrected chi connectivity index (χ3v) is 4.44. The SMILES string of the molecule is CC1(C)OB(c2ccc3c(c2Cl)OC(F)(F)O3)OC1(C)C. The van der Waals surface area contributed by atoms with E-state index >= 15 is 0 Å². The van der Waals surface area contributed by atoms with Gasteiger partial charge in [-0.15, -0.1) is 8.78 Å². The number of alkyl halides is 2. The van der Waals surface area contributed by atoms with Crippen LogP contribution in [0.2, 0.25) is 5.02 Å². The zero-order valence-corrected chi connectivity index (χ0v) is 12.8. The van der Waals surface area contributed by atoms with E-state index in [1.807, 2.05) is 27.7 Å². The van der Waals surface area contributed by atoms with Gasteiger partial charge in [-0.05, 0) is 33.8 Å². The lowest BCUT2D eigenvalue weighted by molar-refractivity contribution is -0.286. The Hall–Kier alpha value is -1.05. The molecule has 2 heterocycles. The molecule has 0 N–H and O–H groups in total. The van der Waals surface area contributed by atoms with E-state index in [1.165, 1.54) is 12.1 Å². The highest BCUT2D eigenvalue weighted by atomic mass is 35.5. The average Bonchev–Trinajstić information content (AvgIpc) is 2.73. The van der Waals surface area contributed by atoms with Gasteiger partial charge in [-0.1, -0.05) is 17.7 Å². The zero-order chi connectivity index (χ0) is 15.6. The van der Waals surface area contributed by atoms with E-state index < -0.39 is 24.6 Å². The second-order valence-corrected chi connectivity index (χ2v) is 6.43. The van der Waals surface area contributed by atoms with Crippen LogP contribution in [0.3, 0.4) is 0 Å². The fourth-order valence-electron chi connectivity index (χ4n) is 2.15. The Labute approximate surface area is 126 Å². The van der Waals surface area contributed by atoms with E-state index in [0.717, 1.165) is 0 Å². The highest BCUT2D eigenvalue weighted by Crippen LogP contribution is 2.45. The van der Waals surface area contributed by atoms with E-state index in [0.29, 0.717) is 5.46 Å². The fourth-order valence-corrected chi connectivity index (χ4v) is 2.43. The summed E-state index contributed by atoms with van der Waals surface area (Å²) in [6.45, 7) is 7.56. The highest BCUT2D eigenvalue weighted by Gasteiger charge is 2.53. The van der Waals surface area contributed by atoms with Gasteiger partial charge in [0.05, 0.1) is 16.2 Å². The quantitative estimate of drug-likeness (QED) is 0.746. The topological polar surface area (TPSA) is 36.9 Å². The predicted octanol–water partition coefficient (Wildman–Crippen LogP) is 2.96. The number of ether oxygens (including phenoxy) is 2. The first-order valence-electron chi connectivity index (χ1n) is 6.46. The molecule has 21 heavy (non-hydrogen) atoms. The summed E-state index contributed by atoms with van der Waals surface area (Å²) in [6, 6.07) is 2.90. The lowest BCUT2D eigenvalue weighted by atomic mass is 9.79. The molecule has 1 saturated heterocycles. The molecule has 0 atom stereocenters. The van der Waals surface area contributed by atoms with Crippen molar-refractivity contribution in [2.24, 2.45) is 0 Å². The first-order valence-corrected chi connectivity index (χ1v) is 6.84. The predicted molar refractivity (Wildman–Crippen MR) is 73.4 cm³/mol. The van der Waals surface area contributed by atoms with Crippen molar-refractivity contribution in [1.82, 2.24) is 0 Å². The van der Waals surface area contributed by atoms with Crippen LogP contribution in [0.1, 0.15) is 27.7 Å². The first-order chi connectivity index (χ1) is 9.52. The average molecular weight is 319 g/mol. The largest absolute Gasteiger partial charge is 0.586 e. The summed E-state index contributed by atoms with van der Waals surface area (Å²) in [4.78, 5) is 0. The smallest absolute Gasteiger partial charge is 0.399 e. The van der Waals surface area contributed by atoms with Crippen molar-refractivity contribution in [3.63, 3.8) is 0 Å². The van der Waals surface area contributed by atoms with Gasteiger partial charge in [-0.2, -0.15) is 0 Å². The second kappa shape index (κ2) is 4.24. The van der Waals surface area contributed by atoms with E-state index in [-0.39, 0.29) is 16.5 Å². The maximum atomic E-state index is 13.1. The monoisotopic (exact) mass is 318 g/mol. The van der Waals surface area contributed by atoms with Crippen molar-refractivity contribution in [1.29, 1.82) is 0 Å². The van der Waals surface area contributed by atoms with Crippen LogP contribution in [-0.4, -0.2) is 24.6 Å². The van der Waals surface area contributed by atoms with Crippen molar-refractivity contribution in [3.8, 4) is 11.5 Å². The molecule has 0 radical (unpaired) electrons. The van der Waals surface area contributed by atoms with Crippen LogP contribution in [0.5, 0.6) is 11.5 Å². The number of hydrogen-bond acceptors (Lipinski definition) is 4. The van der Waals surface area contributed by atoms with E-state index in [1.54, 1.807) is 0 Å². The van der Waals surface area contributed by atoms with Gasteiger partial charge >= 0.3 is 13.4 Å². The molecule has 0 unspecified atom stereocenters. The van der Waals surface area contributed by atoms with Crippen molar-refractivity contribution in [3.05, 3.63) is 17.2 Å². The molecule has 3 rings (SSSR count). The van der Waals surface area contributed by atoms with Crippen molar-refractivity contribution in [2.45, 2.75) is 45.2 Å². The van der Waals surface area contributed by atoms with Crippen LogP contribution in [0.25, 0.3) is 0 Å². The molecule has 4 nitrogen and oxygen atoms in total. The molecule has 114 valence electrons. The molecule has 1 aromatic rings. The first kappa shape index (κ1) is 14.9. The number of rotatable bonds is 1. The molecule has 1 aromatic carbocycles. The zero-order valence-electron chi connectivity index (χ0n) is 12.0. The molecule has 0 aromatic heterocycles. The molecule has 0 saturated carbocycles. The summed E-state index contributed by atoms with van der Waals surface area (Å²) in [5.41, 5.74) is -0.682. The molecule has 2 aliphatic heterocycles. The van der Waals surface area contributed by atoms with Gasteiger partial charge in [0, 0.05) is 5.46 Å². The minimum atomic E-state index is -3.71. The maximum absolute atomic E-state index is 13.1. The van der Waals surface area contributed by atoms with Crippen LogP contribution in [0.15, 0.2) is 12.1 Å². The van der Waals surface area contributed by atoms with Gasteiger partial charge in [0.1, 0.15) is 0 Å². The van der Waals surface area contributed by atoms with Crippen LogP contribution in [-0.2, 0) is 9.31 Å². The molecule has 0 spiro atoms. The van der Waals surface area contributed by atoms with Crippen LogP contribution >= 0.6 is 11.6 Å². The lowest BCUT2D eigenvalue weighted by Gasteiger charge is -2.32. The third kappa shape index (κ3) is 2.27. The third-order valence-electron chi connectivity index (χ3n) is 4.05. The van der Waals surface area contributed by atoms with Crippen LogP contribution in [0, 0.1) is 0 Å². The van der Waals surface area contributed by atoms with Crippen molar-refractivity contribution >= 4 is 24.2 Å². The minimum Gasteiger partial charge on any atom is -0.399 e. The molecule has 1 fully saturated rings. The van der Waals surface area contributed by atoms with E-state index in [2.05, 4.69) is 9.47 Å². The Morgan fingerprint density at radius 3 is 2.14 bits per heavy atom. The molecule has 0 amide bonds. The normalized spacial score (nSPS) is 24.4. The second-order valence-electron chi connectivity index (χ2n) is 6.05. The number of hydrogen-bond donors (Lipinski definition) is 0. The Morgan fingerprint density at radius 1 is 1.00 bits per heavy atom. The summed E-state index contributed by atoms with van der Waals surface area (Å²) in [5, 5.41) is 0.00294. The molecular formula is C13H14BClF2O4. The van der Waals surface area contributed by atoms with Gasteiger partial charge in [-0.3, -0.25) is 0 Å². The fraction of sp³-hybridized carbons (Fsp3) is 0.538. The summed E-state index contributed by atoms with van der Waals surface area (Å²) in [7, 11) is -0.759. The van der Waals surface area contributed by atoms with E-state index in [4.69, 9.17) is 20.9 Å². The Balaban J connectivity index is 1.97. The Morgan fingerprint density at radius 2 is 1.57 bits per heavy atom. The van der Waals surface area contributed by atoms with Gasteiger partial charge in [0.25, 0.3) is 0 Å². The summed E-state index contributed by atoms with van der Waals surface area (Å²) in [5.74, 6) is -0.306. The summed E-state index contributed by atoms with van der Waals surface area (Å²) < 4.78 is 46.7. The summed E-state index contributed by atoms with van der Waals surface area (Å²) >= 11 is 6.15. The van der Waals surface area contributed by atoms with Crippen LogP contribution in [0.4, 0.5) is 8.78 Å².